The minimum absolute atomic E-state index is 0.279. The zero-order chi connectivity index (χ0) is 36.5. The number of fused-ring (bicyclic) bond motifs is 2. The fraction of sp³-hybridized carbons (Fsp3) is 1.00. The highest BCUT2D eigenvalue weighted by atomic mass is 14.7. The molecule has 5 nitrogen and oxygen atoms in total. The van der Waals surface area contributed by atoms with Gasteiger partial charge in [0.15, 0.2) is 0 Å². The first-order valence-electron chi connectivity index (χ1n) is 21.9. The maximum Gasteiger partial charge on any atom is 0.00495 e. The van der Waals surface area contributed by atoms with Crippen molar-refractivity contribution >= 4 is 0 Å². The van der Waals surface area contributed by atoms with E-state index in [1.165, 1.54) is 103 Å². The van der Waals surface area contributed by atoms with Crippen LogP contribution in [0.4, 0.5) is 0 Å². The van der Waals surface area contributed by atoms with Crippen LogP contribution in [0.1, 0.15) is 190 Å². The lowest BCUT2D eigenvalue weighted by molar-refractivity contribution is 0.0904. The van der Waals surface area contributed by atoms with Crippen LogP contribution in [-0.4, -0.2) is 31.7 Å². The summed E-state index contributed by atoms with van der Waals surface area (Å²) in [4.78, 5) is 0. The SMILES string of the molecule is CC1(C)CC(N)CC(C)(CN)C1.CC1CCC(CC2CCC(N)CC2)CC1.CCC1CC2CCC1C2.CCC1CCC(CN)CC1.CCN. The highest BCUT2D eigenvalue weighted by Crippen LogP contribution is 2.49. The average Bonchev–Trinajstić information content (AvgIpc) is 3.71. The summed E-state index contributed by atoms with van der Waals surface area (Å²) in [5, 5.41) is 0. The van der Waals surface area contributed by atoms with Crippen LogP contribution >= 0.6 is 0 Å². The van der Waals surface area contributed by atoms with Crippen LogP contribution < -0.4 is 28.7 Å². The Morgan fingerprint density at radius 3 is 1.51 bits per heavy atom. The molecule has 0 aliphatic heterocycles. The fourth-order valence-electron chi connectivity index (χ4n) is 11.1. The molecule has 6 saturated carbocycles. The zero-order valence-corrected chi connectivity index (χ0v) is 34.3. The topological polar surface area (TPSA) is 130 Å². The van der Waals surface area contributed by atoms with Crippen LogP contribution in [0.15, 0.2) is 0 Å². The molecule has 292 valence electrons. The molecule has 6 aliphatic rings. The van der Waals surface area contributed by atoms with E-state index in [-0.39, 0.29) is 5.41 Å². The highest BCUT2D eigenvalue weighted by molar-refractivity contribution is 4.93. The number of hydrogen-bond donors (Lipinski definition) is 5. The van der Waals surface area contributed by atoms with E-state index in [1.54, 1.807) is 25.7 Å². The molecule has 0 aromatic rings. The van der Waals surface area contributed by atoms with E-state index in [0.717, 1.165) is 79.8 Å². The van der Waals surface area contributed by atoms with Gasteiger partial charge >= 0.3 is 0 Å². The second-order valence-corrected chi connectivity index (χ2v) is 19.4. The Bertz CT molecular complexity index is 776. The third-order valence-corrected chi connectivity index (χ3v) is 13.9. The molecule has 0 heterocycles. The summed E-state index contributed by atoms with van der Waals surface area (Å²) in [5.74, 6) is 8.37. The Morgan fingerprint density at radius 2 is 1.10 bits per heavy atom. The van der Waals surface area contributed by atoms with E-state index in [2.05, 4.69) is 41.5 Å². The fourth-order valence-corrected chi connectivity index (χ4v) is 11.1. The second kappa shape index (κ2) is 23.5. The van der Waals surface area contributed by atoms with Crippen LogP contribution in [-0.2, 0) is 0 Å². The van der Waals surface area contributed by atoms with Gasteiger partial charge in [0.25, 0.3) is 0 Å². The normalized spacial score (nSPS) is 39.4. The lowest BCUT2D eigenvalue weighted by atomic mass is 9.63. The summed E-state index contributed by atoms with van der Waals surface area (Å²) in [6, 6.07) is 0.870. The van der Waals surface area contributed by atoms with E-state index in [4.69, 9.17) is 28.7 Å². The summed E-state index contributed by atoms with van der Waals surface area (Å²) >= 11 is 0. The van der Waals surface area contributed by atoms with E-state index in [1.807, 2.05) is 6.92 Å². The van der Waals surface area contributed by atoms with Crippen LogP contribution in [0, 0.1) is 58.2 Å². The first kappa shape index (κ1) is 45.0. The standard InChI is InChI=1S/C14H27N.C10H22N2.C9H19N.C9H16.C2H7N/c1-11-2-4-12(5-3-11)10-13-6-8-14(15)9-7-13;1-9(2)4-8(12)5-10(3,6-9)7-11;1-2-8-3-5-9(7-10)6-4-8;1-2-8-5-7-3-4-9(8)6-7;1-2-3/h11-14H,2-10,15H2,1H3;8H,4-7,11-12H2,1-3H3;8-9H,2-7,10H2,1H3;7-9H,2-6H2,1H3;2-3H2,1H3. The molecule has 0 aromatic heterocycles. The first-order chi connectivity index (χ1) is 23.3. The lowest BCUT2D eigenvalue weighted by Gasteiger charge is -2.45. The summed E-state index contributed by atoms with van der Waals surface area (Å²) < 4.78 is 0. The van der Waals surface area contributed by atoms with Crippen molar-refractivity contribution in [3.63, 3.8) is 0 Å². The van der Waals surface area contributed by atoms with Crippen LogP contribution in [0.25, 0.3) is 0 Å². The molecular formula is C44H91N5. The molecule has 10 N–H and O–H groups in total. The van der Waals surface area contributed by atoms with Crippen molar-refractivity contribution in [2.24, 2.45) is 86.8 Å². The van der Waals surface area contributed by atoms with Gasteiger partial charge in [-0.25, -0.2) is 0 Å². The molecule has 0 spiro atoms. The van der Waals surface area contributed by atoms with Gasteiger partial charge in [-0.2, -0.15) is 0 Å². The van der Waals surface area contributed by atoms with Gasteiger partial charge in [-0.15, -0.1) is 0 Å². The molecule has 5 unspecified atom stereocenters. The molecule has 2 bridgehead atoms. The smallest absolute Gasteiger partial charge is 0.00495 e. The summed E-state index contributed by atoms with van der Waals surface area (Å²) in [6.07, 6.45) is 31.0. The van der Waals surface area contributed by atoms with Crippen molar-refractivity contribution in [1.82, 2.24) is 0 Å². The lowest BCUT2D eigenvalue weighted by Crippen LogP contribution is -2.45. The maximum absolute atomic E-state index is 6.01. The van der Waals surface area contributed by atoms with Crippen molar-refractivity contribution in [3.05, 3.63) is 0 Å². The molecule has 0 amide bonds. The van der Waals surface area contributed by atoms with E-state index < -0.39 is 0 Å². The van der Waals surface area contributed by atoms with Gasteiger partial charge in [0.2, 0.25) is 0 Å². The Balaban J connectivity index is 0.000000224. The molecule has 6 rings (SSSR count). The number of rotatable bonds is 6. The summed E-state index contributed by atoms with van der Waals surface area (Å²) in [5.41, 5.74) is 28.8. The molecule has 0 saturated heterocycles. The van der Waals surface area contributed by atoms with Crippen LogP contribution in [0.2, 0.25) is 0 Å². The van der Waals surface area contributed by atoms with Crippen molar-refractivity contribution in [1.29, 1.82) is 0 Å². The average molecular weight is 690 g/mol. The van der Waals surface area contributed by atoms with Crippen molar-refractivity contribution in [2.45, 2.75) is 202 Å². The quantitative estimate of drug-likeness (QED) is 0.189. The number of nitrogens with two attached hydrogens (primary N) is 5. The summed E-state index contributed by atoms with van der Waals surface area (Å²) in [7, 11) is 0. The molecule has 5 heteroatoms. The third kappa shape index (κ3) is 17.5. The van der Waals surface area contributed by atoms with Gasteiger partial charge in [-0.3, -0.25) is 0 Å². The molecule has 6 fully saturated rings. The van der Waals surface area contributed by atoms with E-state index in [9.17, 15) is 0 Å². The van der Waals surface area contributed by atoms with E-state index >= 15 is 0 Å². The maximum atomic E-state index is 6.01. The van der Waals surface area contributed by atoms with Crippen molar-refractivity contribution < 1.29 is 0 Å². The van der Waals surface area contributed by atoms with Gasteiger partial charge in [-0.1, -0.05) is 106 Å². The predicted molar refractivity (Wildman–Crippen MR) is 217 cm³/mol. The Morgan fingerprint density at radius 1 is 0.571 bits per heavy atom. The summed E-state index contributed by atoms with van der Waals surface area (Å²) in [6.45, 7) is 18.2. The predicted octanol–water partition coefficient (Wildman–Crippen LogP) is 10.2. The first-order valence-corrected chi connectivity index (χ1v) is 21.9. The van der Waals surface area contributed by atoms with Gasteiger partial charge < -0.3 is 28.7 Å². The van der Waals surface area contributed by atoms with Crippen LogP contribution in [0.5, 0.6) is 0 Å². The monoisotopic (exact) mass is 690 g/mol. The highest BCUT2D eigenvalue weighted by Gasteiger charge is 2.39. The molecule has 0 radical (unpaired) electrons. The minimum atomic E-state index is 0.279. The zero-order valence-electron chi connectivity index (χ0n) is 34.3. The van der Waals surface area contributed by atoms with Gasteiger partial charge in [0.05, 0.1) is 0 Å². The minimum Gasteiger partial charge on any atom is -0.331 e. The molecular weight excluding hydrogens is 599 g/mol. The molecule has 0 aromatic carbocycles. The number of hydrogen-bond acceptors (Lipinski definition) is 5. The van der Waals surface area contributed by atoms with Crippen molar-refractivity contribution in [3.8, 4) is 0 Å². The van der Waals surface area contributed by atoms with Gasteiger partial charge in [-0.05, 0) is 161 Å². The Hall–Kier alpha value is -0.200. The van der Waals surface area contributed by atoms with Gasteiger partial charge in [0, 0.05) is 12.1 Å². The third-order valence-electron chi connectivity index (χ3n) is 13.9. The van der Waals surface area contributed by atoms with Crippen molar-refractivity contribution in [2.75, 3.05) is 19.6 Å². The molecule has 49 heavy (non-hydrogen) atoms. The van der Waals surface area contributed by atoms with E-state index in [0.29, 0.717) is 17.5 Å². The van der Waals surface area contributed by atoms with Gasteiger partial charge in [0.1, 0.15) is 0 Å². The van der Waals surface area contributed by atoms with Crippen LogP contribution in [0.3, 0.4) is 0 Å². The second-order valence-electron chi connectivity index (χ2n) is 19.4. The Kier molecular flexibility index (Phi) is 21.5. The molecule has 5 atom stereocenters. The Labute approximate surface area is 307 Å². The largest absolute Gasteiger partial charge is 0.331 e. The molecule has 6 aliphatic carbocycles.